The lowest BCUT2D eigenvalue weighted by molar-refractivity contribution is -0.143. The molecule has 0 spiro atoms. The molecule has 0 bridgehead atoms. The van der Waals surface area contributed by atoms with Gasteiger partial charge >= 0.3 is 5.97 Å². The highest BCUT2D eigenvalue weighted by Crippen LogP contribution is 2.11. The lowest BCUT2D eigenvalue weighted by Crippen LogP contribution is -2.43. The van der Waals surface area contributed by atoms with Gasteiger partial charge in [-0.25, -0.2) is 0 Å². The number of carboxylic acid groups (broad SMARTS) is 1. The fourth-order valence-corrected chi connectivity index (χ4v) is 1.77. The number of carboxylic acids is 1. The van der Waals surface area contributed by atoms with Gasteiger partial charge in [-0.1, -0.05) is 27.2 Å². The zero-order valence-electron chi connectivity index (χ0n) is 10.4. The van der Waals surface area contributed by atoms with Crippen molar-refractivity contribution in [2.75, 3.05) is 13.1 Å². The van der Waals surface area contributed by atoms with E-state index in [1.807, 2.05) is 11.8 Å². The van der Waals surface area contributed by atoms with Gasteiger partial charge in [-0.15, -0.1) is 0 Å². The van der Waals surface area contributed by atoms with Crippen LogP contribution in [0.1, 0.15) is 40.0 Å². The minimum atomic E-state index is -0.777. The number of rotatable bonds is 8. The van der Waals surface area contributed by atoms with Gasteiger partial charge < -0.3 is 5.11 Å². The zero-order valence-corrected chi connectivity index (χ0v) is 10.4. The first-order valence-corrected chi connectivity index (χ1v) is 5.86. The molecule has 0 saturated heterocycles. The molecule has 92 valence electrons. The molecule has 0 amide bonds. The first-order chi connectivity index (χ1) is 7.52. The third-order valence-corrected chi connectivity index (χ3v) is 2.40. The molecule has 16 heavy (non-hydrogen) atoms. The van der Waals surface area contributed by atoms with Gasteiger partial charge in [0, 0.05) is 19.5 Å². The topological polar surface area (TPSA) is 64.3 Å². The summed E-state index contributed by atoms with van der Waals surface area (Å²) in [6.07, 6.45) is 1.88. The predicted octanol–water partition coefficient (Wildman–Crippen LogP) is 2.11. The molecule has 0 aliphatic rings. The van der Waals surface area contributed by atoms with Crippen LogP contribution in [0.25, 0.3) is 0 Å². The van der Waals surface area contributed by atoms with E-state index in [4.69, 9.17) is 10.4 Å². The van der Waals surface area contributed by atoms with Gasteiger partial charge in [0.05, 0.1) is 6.07 Å². The summed E-state index contributed by atoms with van der Waals surface area (Å²) >= 11 is 0. The molecule has 0 fully saturated rings. The van der Waals surface area contributed by atoms with Crippen molar-refractivity contribution in [3.63, 3.8) is 0 Å². The van der Waals surface area contributed by atoms with Gasteiger partial charge in [0.1, 0.15) is 6.04 Å². The van der Waals surface area contributed by atoms with Crippen LogP contribution in [0.2, 0.25) is 0 Å². The second kappa shape index (κ2) is 8.12. The summed E-state index contributed by atoms with van der Waals surface area (Å²) in [5.74, 6) is -0.363. The zero-order chi connectivity index (χ0) is 12.6. The highest BCUT2D eigenvalue weighted by Gasteiger charge is 2.24. The lowest BCUT2D eigenvalue weighted by Gasteiger charge is -2.29. The van der Waals surface area contributed by atoms with E-state index >= 15 is 0 Å². The molecule has 1 unspecified atom stereocenters. The minimum Gasteiger partial charge on any atom is -0.480 e. The van der Waals surface area contributed by atoms with Gasteiger partial charge in [0.2, 0.25) is 0 Å². The van der Waals surface area contributed by atoms with E-state index in [1.54, 1.807) is 0 Å². The molecule has 4 heteroatoms. The van der Waals surface area contributed by atoms with E-state index in [-0.39, 0.29) is 0 Å². The molecular formula is C12H22N2O2. The molecular weight excluding hydrogens is 204 g/mol. The van der Waals surface area contributed by atoms with Crippen LogP contribution in [0.5, 0.6) is 0 Å². The number of aliphatic carboxylic acids is 1. The molecule has 4 nitrogen and oxygen atoms in total. The molecule has 0 aromatic carbocycles. The average Bonchev–Trinajstić information content (AvgIpc) is 2.20. The van der Waals surface area contributed by atoms with Gasteiger partial charge in [0.25, 0.3) is 0 Å². The SMILES string of the molecule is CCCC(C(=O)O)N(CCC#N)CC(C)C. The van der Waals surface area contributed by atoms with Crippen molar-refractivity contribution in [3.05, 3.63) is 0 Å². The second-order valence-corrected chi connectivity index (χ2v) is 4.44. The van der Waals surface area contributed by atoms with Crippen LogP contribution in [0.4, 0.5) is 0 Å². The van der Waals surface area contributed by atoms with Gasteiger partial charge in [0.15, 0.2) is 0 Å². The van der Waals surface area contributed by atoms with Crippen LogP contribution in [0.3, 0.4) is 0 Å². The lowest BCUT2D eigenvalue weighted by atomic mass is 10.1. The first kappa shape index (κ1) is 14.9. The second-order valence-electron chi connectivity index (χ2n) is 4.44. The first-order valence-electron chi connectivity index (χ1n) is 5.86. The van der Waals surface area contributed by atoms with E-state index in [2.05, 4.69) is 19.9 Å². The maximum Gasteiger partial charge on any atom is 0.320 e. The van der Waals surface area contributed by atoms with Crippen molar-refractivity contribution in [2.45, 2.75) is 46.1 Å². The highest BCUT2D eigenvalue weighted by molar-refractivity contribution is 5.73. The molecule has 1 N–H and O–H groups in total. The van der Waals surface area contributed by atoms with Crippen molar-refractivity contribution in [3.8, 4) is 6.07 Å². The van der Waals surface area contributed by atoms with Crippen LogP contribution in [0, 0.1) is 17.2 Å². The van der Waals surface area contributed by atoms with Crippen molar-refractivity contribution in [1.82, 2.24) is 4.90 Å². The van der Waals surface area contributed by atoms with Crippen molar-refractivity contribution < 1.29 is 9.90 Å². The largest absolute Gasteiger partial charge is 0.480 e. The maximum atomic E-state index is 11.2. The summed E-state index contributed by atoms with van der Waals surface area (Å²) in [7, 11) is 0. The summed E-state index contributed by atoms with van der Waals surface area (Å²) in [6, 6.07) is 1.63. The molecule has 0 rings (SSSR count). The smallest absolute Gasteiger partial charge is 0.320 e. The standard InChI is InChI=1S/C12H22N2O2/c1-4-6-11(12(15)16)14(8-5-7-13)9-10(2)3/h10-11H,4-6,8-9H2,1-3H3,(H,15,16). The molecule has 1 atom stereocenters. The molecule has 0 heterocycles. The molecule has 0 aromatic rings. The summed E-state index contributed by atoms with van der Waals surface area (Å²) in [6.45, 7) is 7.38. The molecule has 0 aromatic heterocycles. The Labute approximate surface area is 97.9 Å². The summed E-state index contributed by atoms with van der Waals surface area (Å²) in [5.41, 5.74) is 0. The van der Waals surface area contributed by atoms with Gasteiger partial charge in [-0.3, -0.25) is 9.69 Å². The van der Waals surface area contributed by atoms with Crippen LogP contribution < -0.4 is 0 Å². The summed E-state index contributed by atoms with van der Waals surface area (Å²) in [5, 5.41) is 17.7. The molecule has 0 saturated carbocycles. The molecule has 0 aliphatic carbocycles. The number of carbonyl (C=O) groups is 1. The Morgan fingerprint density at radius 1 is 1.50 bits per heavy atom. The fourth-order valence-electron chi connectivity index (χ4n) is 1.77. The third kappa shape index (κ3) is 5.72. The van der Waals surface area contributed by atoms with E-state index in [1.165, 1.54) is 0 Å². The Morgan fingerprint density at radius 3 is 2.50 bits per heavy atom. The van der Waals surface area contributed by atoms with Crippen LogP contribution in [0.15, 0.2) is 0 Å². The number of hydrogen-bond donors (Lipinski definition) is 1. The van der Waals surface area contributed by atoms with E-state index in [9.17, 15) is 4.79 Å². The monoisotopic (exact) mass is 226 g/mol. The Balaban J connectivity index is 4.53. The normalized spacial score (nSPS) is 12.8. The van der Waals surface area contributed by atoms with Crippen LogP contribution >= 0.6 is 0 Å². The predicted molar refractivity (Wildman–Crippen MR) is 63.0 cm³/mol. The van der Waals surface area contributed by atoms with Crippen LogP contribution in [-0.2, 0) is 4.79 Å². The maximum absolute atomic E-state index is 11.2. The number of hydrogen-bond acceptors (Lipinski definition) is 3. The van der Waals surface area contributed by atoms with Crippen molar-refractivity contribution in [2.24, 2.45) is 5.92 Å². The Bertz CT molecular complexity index is 246. The van der Waals surface area contributed by atoms with Gasteiger partial charge in [-0.2, -0.15) is 5.26 Å². The quantitative estimate of drug-likeness (QED) is 0.688. The average molecular weight is 226 g/mol. The molecule has 0 aliphatic heterocycles. The summed E-state index contributed by atoms with van der Waals surface area (Å²) < 4.78 is 0. The highest BCUT2D eigenvalue weighted by atomic mass is 16.4. The van der Waals surface area contributed by atoms with Crippen molar-refractivity contribution in [1.29, 1.82) is 5.26 Å². The minimum absolute atomic E-state index is 0.389. The Hall–Kier alpha value is -1.08. The fraction of sp³-hybridized carbons (Fsp3) is 0.833. The van der Waals surface area contributed by atoms with E-state index in [0.717, 1.165) is 13.0 Å². The molecule has 0 radical (unpaired) electrons. The van der Waals surface area contributed by atoms with E-state index in [0.29, 0.717) is 25.3 Å². The third-order valence-electron chi connectivity index (χ3n) is 2.40. The Morgan fingerprint density at radius 2 is 2.12 bits per heavy atom. The van der Waals surface area contributed by atoms with E-state index < -0.39 is 12.0 Å². The van der Waals surface area contributed by atoms with Crippen molar-refractivity contribution >= 4 is 5.97 Å². The van der Waals surface area contributed by atoms with Crippen LogP contribution in [-0.4, -0.2) is 35.1 Å². The Kier molecular flexibility index (Phi) is 7.57. The number of nitrogens with zero attached hydrogens (tertiary/aromatic N) is 2. The number of nitriles is 1. The summed E-state index contributed by atoms with van der Waals surface area (Å²) in [4.78, 5) is 13.1. The van der Waals surface area contributed by atoms with Gasteiger partial charge in [-0.05, 0) is 12.3 Å².